The summed E-state index contributed by atoms with van der Waals surface area (Å²) in [4.78, 5) is 15.9. The molecule has 1 atom stereocenters. The number of ether oxygens (including phenoxy) is 1. The highest BCUT2D eigenvalue weighted by molar-refractivity contribution is 5.77. The van der Waals surface area contributed by atoms with Crippen LogP contribution in [0.4, 0.5) is 0 Å². The molecule has 2 aromatic rings. The van der Waals surface area contributed by atoms with Gasteiger partial charge in [0.25, 0.3) is 0 Å². The van der Waals surface area contributed by atoms with E-state index in [1.54, 1.807) is 4.52 Å². The van der Waals surface area contributed by atoms with E-state index in [1.807, 2.05) is 32.2 Å². The summed E-state index contributed by atoms with van der Waals surface area (Å²) < 4.78 is 6.42. The number of carbonyl (C=O) groups is 1. The molecule has 2 aromatic heterocycles. The largest absolute Gasteiger partial charge is 0.468 e. The second kappa shape index (κ2) is 4.53. The number of nitrogens with zero attached hydrogens (tertiary/aromatic N) is 3. The molecule has 0 bridgehead atoms. The van der Waals surface area contributed by atoms with Crippen molar-refractivity contribution in [2.24, 2.45) is 0 Å². The molecule has 0 aromatic carbocycles. The van der Waals surface area contributed by atoms with E-state index in [4.69, 9.17) is 4.74 Å². The van der Waals surface area contributed by atoms with Crippen LogP contribution in [0.2, 0.25) is 0 Å². The van der Waals surface area contributed by atoms with Gasteiger partial charge in [0.2, 0.25) is 0 Å². The lowest BCUT2D eigenvalue weighted by molar-refractivity contribution is -0.142. The first kappa shape index (κ1) is 11.6. The first-order valence-electron chi connectivity index (χ1n) is 5.56. The van der Waals surface area contributed by atoms with Gasteiger partial charge in [-0.1, -0.05) is 6.92 Å². The summed E-state index contributed by atoms with van der Waals surface area (Å²) in [5, 5.41) is 4.30. The van der Waals surface area contributed by atoms with Gasteiger partial charge in [-0.2, -0.15) is 5.10 Å². The van der Waals surface area contributed by atoms with Crippen molar-refractivity contribution in [3.05, 3.63) is 29.7 Å². The first-order valence-corrected chi connectivity index (χ1v) is 5.56. The van der Waals surface area contributed by atoms with Crippen molar-refractivity contribution in [2.75, 3.05) is 7.11 Å². The first-order chi connectivity index (χ1) is 8.15. The molecule has 90 valence electrons. The standard InChI is InChI=1S/C12H15N3O2/c1-4-9(12(16)17-3)11-13-10-7-8(2)5-6-15(10)14-11/h5-7,9H,4H2,1-3H3. The van der Waals surface area contributed by atoms with E-state index in [2.05, 4.69) is 10.1 Å². The van der Waals surface area contributed by atoms with Crippen molar-refractivity contribution in [3.8, 4) is 0 Å². The molecule has 5 heteroatoms. The van der Waals surface area contributed by atoms with E-state index < -0.39 is 0 Å². The lowest BCUT2D eigenvalue weighted by Crippen LogP contribution is -2.14. The Morgan fingerprint density at radius 2 is 2.35 bits per heavy atom. The minimum atomic E-state index is -0.389. The molecule has 0 saturated heterocycles. The molecule has 2 rings (SSSR count). The van der Waals surface area contributed by atoms with Crippen LogP contribution in [-0.4, -0.2) is 27.7 Å². The highest BCUT2D eigenvalue weighted by Crippen LogP contribution is 2.18. The van der Waals surface area contributed by atoms with Crippen LogP contribution in [-0.2, 0) is 9.53 Å². The van der Waals surface area contributed by atoms with Gasteiger partial charge in [0, 0.05) is 6.20 Å². The van der Waals surface area contributed by atoms with Crippen molar-refractivity contribution < 1.29 is 9.53 Å². The molecular formula is C12H15N3O2. The van der Waals surface area contributed by atoms with Crippen molar-refractivity contribution in [2.45, 2.75) is 26.2 Å². The molecule has 0 aliphatic rings. The molecule has 0 aliphatic heterocycles. The van der Waals surface area contributed by atoms with Crippen LogP contribution in [0.1, 0.15) is 30.7 Å². The summed E-state index contributed by atoms with van der Waals surface area (Å²) in [5.74, 6) is -0.162. The molecule has 0 radical (unpaired) electrons. The third-order valence-corrected chi connectivity index (χ3v) is 2.72. The van der Waals surface area contributed by atoms with E-state index in [0.717, 1.165) is 11.2 Å². The molecule has 0 amide bonds. The summed E-state index contributed by atoms with van der Waals surface area (Å²) >= 11 is 0. The molecular weight excluding hydrogens is 218 g/mol. The third kappa shape index (κ3) is 2.13. The summed E-state index contributed by atoms with van der Waals surface area (Å²) in [6.07, 6.45) is 2.47. The maximum absolute atomic E-state index is 11.6. The van der Waals surface area contributed by atoms with Crippen LogP contribution in [0.25, 0.3) is 5.65 Å². The fourth-order valence-electron chi connectivity index (χ4n) is 1.75. The van der Waals surface area contributed by atoms with Crippen LogP contribution in [0.15, 0.2) is 18.3 Å². The summed E-state index contributed by atoms with van der Waals surface area (Å²) in [5.41, 5.74) is 1.87. The highest BCUT2D eigenvalue weighted by Gasteiger charge is 2.23. The number of aromatic nitrogens is 3. The molecule has 0 fully saturated rings. The van der Waals surface area contributed by atoms with E-state index in [1.165, 1.54) is 7.11 Å². The van der Waals surface area contributed by atoms with Gasteiger partial charge in [0.1, 0.15) is 5.92 Å². The smallest absolute Gasteiger partial charge is 0.316 e. The lowest BCUT2D eigenvalue weighted by atomic mass is 10.1. The average molecular weight is 233 g/mol. The van der Waals surface area contributed by atoms with E-state index >= 15 is 0 Å². The zero-order valence-electron chi connectivity index (χ0n) is 10.2. The Kier molecular flexibility index (Phi) is 3.08. The van der Waals surface area contributed by atoms with E-state index in [9.17, 15) is 4.79 Å². The van der Waals surface area contributed by atoms with Crippen LogP contribution < -0.4 is 0 Å². The second-order valence-corrected chi connectivity index (χ2v) is 3.96. The van der Waals surface area contributed by atoms with Crippen molar-refractivity contribution >= 4 is 11.6 Å². The fourth-order valence-corrected chi connectivity index (χ4v) is 1.75. The minimum Gasteiger partial charge on any atom is -0.468 e. The fraction of sp³-hybridized carbons (Fsp3) is 0.417. The van der Waals surface area contributed by atoms with Crippen molar-refractivity contribution in [1.29, 1.82) is 0 Å². The number of pyridine rings is 1. The van der Waals surface area contributed by atoms with Crippen molar-refractivity contribution in [3.63, 3.8) is 0 Å². The number of fused-ring (bicyclic) bond motifs is 1. The van der Waals surface area contributed by atoms with Gasteiger partial charge in [-0.25, -0.2) is 9.50 Å². The van der Waals surface area contributed by atoms with Gasteiger partial charge >= 0.3 is 5.97 Å². The normalized spacial score (nSPS) is 12.6. The molecule has 17 heavy (non-hydrogen) atoms. The maximum Gasteiger partial charge on any atom is 0.316 e. The van der Waals surface area contributed by atoms with Crippen LogP contribution in [0.3, 0.4) is 0 Å². The Balaban J connectivity index is 2.44. The number of hydrogen-bond acceptors (Lipinski definition) is 4. The third-order valence-electron chi connectivity index (χ3n) is 2.72. The Bertz CT molecular complexity index is 548. The van der Waals surface area contributed by atoms with Crippen molar-refractivity contribution in [1.82, 2.24) is 14.6 Å². The Morgan fingerprint density at radius 1 is 1.59 bits per heavy atom. The topological polar surface area (TPSA) is 56.5 Å². The number of carbonyl (C=O) groups excluding carboxylic acids is 1. The number of methoxy groups -OCH3 is 1. The van der Waals surface area contributed by atoms with Crippen LogP contribution in [0, 0.1) is 6.92 Å². The number of esters is 1. The molecule has 0 aliphatic carbocycles. The van der Waals surface area contributed by atoms with Crippen LogP contribution >= 0.6 is 0 Å². The number of rotatable bonds is 3. The van der Waals surface area contributed by atoms with E-state index in [0.29, 0.717) is 12.2 Å². The minimum absolute atomic E-state index is 0.292. The van der Waals surface area contributed by atoms with Gasteiger partial charge in [-0.05, 0) is 31.0 Å². The maximum atomic E-state index is 11.6. The number of aryl methyl sites for hydroxylation is 1. The predicted molar refractivity (Wildman–Crippen MR) is 62.8 cm³/mol. The quantitative estimate of drug-likeness (QED) is 0.757. The Labute approximate surface area is 99.4 Å². The monoisotopic (exact) mass is 233 g/mol. The average Bonchev–Trinajstić information content (AvgIpc) is 2.72. The molecule has 5 nitrogen and oxygen atoms in total. The Morgan fingerprint density at radius 3 is 3.00 bits per heavy atom. The lowest BCUT2D eigenvalue weighted by Gasteiger charge is -2.06. The molecule has 0 saturated carbocycles. The SMILES string of the molecule is CCC(C(=O)OC)c1nc2cc(C)ccn2n1. The predicted octanol–water partition coefficient (Wildman–Crippen LogP) is 1.70. The van der Waals surface area contributed by atoms with Gasteiger partial charge < -0.3 is 4.74 Å². The van der Waals surface area contributed by atoms with Gasteiger partial charge in [-0.15, -0.1) is 0 Å². The van der Waals surface area contributed by atoms with E-state index in [-0.39, 0.29) is 11.9 Å². The summed E-state index contributed by atoms with van der Waals surface area (Å²) in [6.45, 7) is 3.91. The molecule has 2 heterocycles. The van der Waals surface area contributed by atoms with Gasteiger partial charge in [-0.3, -0.25) is 4.79 Å². The zero-order valence-corrected chi connectivity index (χ0v) is 10.2. The van der Waals surface area contributed by atoms with Gasteiger partial charge in [0.05, 0.1) is 7.11 Å². The second-order valence-electron chi connectivity index (χ2n) is 3.96. The Hall–Kier alpha value is -1.91. The zero-order chi connectivity index (χ0) is 12.4. The molecule has 1 unspecified atom stereocenters. The number of hydrogen-bond donors (Lipinski definition) is 0. The summed E-state index contributed by atoms with van der Waals surface area (Å²) in [7, 11) is 1.38. The van der Waals surface area contributed by atoms with Crippen LogP contribution in [0.5, 0.6) is 0 Å². The summed E-state index contributed by atoms with van der Waals surface area (Å²) in [6, 6.07) is 3.88. The van der Waals surface area contributed by atoms with Gasteiger partial charge in [0.15, 0.2) is 11.5 Å². The molecule has 0 spiro atoms. The highest BCUT2D eigenvalue weighted by atomic mass is 16.5. The molecule has 0 N–H and O–H groups in total.